The molecule has 2 amide bonds. The van der Waals surface area contributed by atoms with Crippen molar-refractivity contribution < 1.29 is 28.7 Å². The molecule has 10 nitrogen and oxygen atoms in total. The van der Waals surface area contributed by atoms with E-state index in [1.165, 1.54) is 103 Å². The second-order valence-electron chi connectivity index (χ2n) is 18.4. The zero-order valence-corrected chi connectivity index (χ0v) is 41.4. The largest absolute Gasteiger partial charge is 0.466 e. The Morgan fingerprint density at radius 2 is 0.613 bits per heavy atom. The van der Waals surface area contributed by atoms with Crippen LogP contribution in [-0.4, -0.2) is 122 Å². The van der Waals surface area contributed by atoms with Crippen molar-refractivity contribution in [2.45, 2.75) is 233 Å². The molecule has 0 radical (unpaired) electrons. The first-order valence-corrected chi connectivity index (χ1v) is 26.7. The van der Waals surface area contributed by atoms with E-state index in [0.717, 1.165) is 116 Å². The monoisotopic (exact) mass is 877 g/mol. The van der Waals surface area contributed by atoms with Gasteiger partial charge in [0.2, 0.25) is 11.8 Å². The maximum absolute atomic E-state index is 13.2. The van der Waals surface area contributed by atoms with Crippen LogP contribution in [0.5, 0.6) is 0 Å². The van der Waals surface area contributed by atoms with E-state index in [4.69, 9.17) is 9.47 Å². The summed E-state index contributed by atoms with van der Waals surface area (Å²) in [6.07, 6.45) is 34.5. The molecule has 0 aromatic heterocycles. The molecular formula is C52H100N4O6. The fourth-order valence-electron chi connectivity index (χ4n) is 8.47. The van der Waals surface area contributed by atoms with Crippen molar-refractivity contribution >= 4 is 23.8 Å². The molecule has 1 rings (SSSR count). The fraction of sp³-hybridized carbons (Fsp3) is 0.923. The molecule has 1 aliphatic rings. The third-order valence-electron chi connectivity index (χ3n) is 12.6. The van der Waals surface area contributed by atoms with Gasteiger partial charge >= 0.3 is 11.9 Å². The molecule has 0 aromatic carbocycles. The lowest BCUT2D eigenvalue weighted by Crippen LogP contribution is -2.50. The van der Waals surface area contributed by atoms with Gasteiger partial charge in [-0.15, -0.1) is 0 Å². The zero-order valence-electron chi connectivity index (χ0n) is 41.4. The topological polar surface area (TPSA) is 99.7 Å². The highest BCUT2D eigenvalue weighted by Gasteiger charge is 2.24. The standard InChI is InChI=1S/C52H100N4O6/c1-5-9-13-15-17-19-21-25-37-53(41-31-35-51(59)61-47-29-11-7-3)39-27-23-33-49(57)55-43-45-56(46-44-55)50(58)34-24-28-40-54(38-26-22-20-18-16-14-10-6-2)42-32-36-52(60)62-48-30-12-8-4/h5-48H2,1-4H3. The molecule has 10 heteroatoms. The second kappa shape index (κ2) is 42.7. The summed E-state index contributed by atoms with van der Waals surface area (Å²) < 4.78 is 10.9. The van der Waals surface area contributed by atoms with Gasteiger partial charge in [0.05, 0.1) is 13.2 Å². The van der Waals surface area contributed by atoms with Crippen molar-refractivity contribution in [1.82, 2.24) is 19.6 Å². The van der Waals surface area contributed by atoms with Gasteiger partial charge in [0.25, 0.3) is 0 Å². The molecule has 0 aliphatic carbocycles. The number of esters is 2. The fourth-order valence-corrected chi connectivity index (χ4v) is 8.47. The first-order chi connectivity index (χ1) is 30.3. The summed E-state index contributed by atoms with van der Waals surface area (Å²) in [5.74, 6) is 0.263. The van der Waals surface area contributed by atoms with Crippen LogP contribution in [0.25, 0.3) is 0 Å². The molecule has 0 aromatic rings. The minimum Gasteiger partial charge on any atom is -0.466 e. The molecule has 0 N–H and O–H groups in total. The first kappa shape index (κ1) is 57.8. The molecule has 0 spiro atoms. The number of amides is 2. The summed E-state index contributed by atoms with van der Waals surface area (Å²) in [4.78, 5) is 59.8. The van der Waals surface area contributed by atoms with Crippen LogP contribution in [0, 0.1) is 0 Å². The van der Waals surface area contributed by atoms with Gasteiger partial charge in [-0.25, -0.2) is 0 Å². The third kappa shape index (κ3) is 34.2. The van der Waals surface area contributed by atoms with Gasteiger partial charge in [0.1, 0.15) is 0 Å². The third-order valence-corrected chi connectivity index (χ3v) is 12.6. The Morgan fingerprint density at radius 3 is 0.952 bits per heavy atom. The number of carbonyl (C=O) groups excluding carboxylic acids is 4. The SMILES string of the molecule is CCCCCCCCCCN(CCCCC(=O)N1CCN(C(=O)CCCCN(CCCCCCCCCC)CCCC(=O)OCCCCC)CC1)CCCC(=O)OCCCCC. The zero-order chi connectivity index (χ0) is 45.1. The van der Waals surface area contributed by atoms with Crippen LogP contribution in [0.2, 0.25) is 0 Å². The van der Waals surface area contributed by atoms with Crippen LogP contribution in [-0.2, 0) is 28.7 Å². The number of hydrogen-bond acceptors (Lipinski definition) is 8. The molecule has 1 fully saturated rings. The minimum atomic E-state index is -0.0759. The molecule has 1 saturated heterocycles. The summed E-state index contributed by atoms with van der Waals surface area (Å²) >= 11 is 0. The van der Waals surface area contributed by atoms with E-state index in [2.05, 4.69) is 37.5 Å². The van der Waals surface area contributed by atoms with Gasteiger partial charge in [-0.3, -0.25) is 19.2 Å². The maximum atomic E-state index is 13.2. The lowest BCUT2D eigenvalue weighted by Gasteiger charge is -2.35. The van der Waals surface area contributed by atoms with Crippen LogP contribution in [0.1, 0.15) is 233 Å². The van der Waals surface area contributed by atoms with Crippen molar-refractivity contribution in [2.24, 2.45) is 0 Å². The van der Waals surface area contributed by atoms with Crippen LogP contribution in [0.4, 0.5) is 0 Å². The van der Waals surface area contributed by atoms with E-state index in [1.54, 1.807) is 0 Å². The summed E-state index contributed by atoms with van der Waals surface area (Å²) in [7, 11) is 0. The predicted molar refractivity (Wildman–Crippen MR) is 258 cm³/mol. The number of hydrogen-bond donors (Lipinski definition) is 0. The van der Waals surface area contributed by atoms with Gasteiger partial charge in [-0.2, -0.15) is 0 Å². The summed E-state index contributed by atoms with van der Waals surface area (Å²) in [5.41, 5.74) is 0. The van der Waals surface area contributed by atoms with Crippen molar-refractivity contribution in [3.8, 4) is 0 Å². The smallest absolute Gasteiger partial charge is 0.305 e. The van der Waals surface area contributed by atoms with Crippen LogP contribution >= 0.6 is 0 Å². The van der Waals surface area contributed by atoms with Crippen LogP contribution in [0.15, 0.2) is 0 Å². The Kier molecular flexibility index (Phi) is 39.9. The van der Waals surface area contributed by atoms with Gasteiger partial charge in [0.15, 0.2) is 0 Å². The molecule has 0 bridgehead atoms. The lowest BCUT2D eigenvalue weighted by atomic mass is 10.1. The molecular weight excluding hydrogens is 777 g/mol. The van der Waals surface area contributed by atoms with Gasteiger partial charge in [-0.05, 0) is 103 Å². The Hall–Kier alpha value is -2.20. The summed E-state index contributed by atoms with van der Waals surface area (Å²) in [5, 5.41) is 0. The van der Waals surface area contributed by atoms with Crippen LogP contribution in [0.3, 0.4) is 0 Å². The van der Waals surface area contributed by atoms with E-state index in [1.807, 2.05) is 9.80 Å². The highest BCUT2D eigenvalue weighted by atomic mass is 16.5. The molecule has 364 valence electrons. The van der Waals surface area contributed by atoms with Crippen molar-refractivity contribution in [3.63, 3.8) is 0 Å². The van der Waals surface area contributed by atoms with E-state index in [9.17, 15) is 19.2 Å². The van der Waals surface area contributed by atoms with Gasteiger partial charge in [-0.1, -0.05) is 143 Å². The van der Waals surface area contributed by atoms with E-state index < -0.39 is 0 Å². The number of rotatable bonds is 44. The highest BCUT2D eigenvalue weighted by Crippen LogP contribution is 2.14. The highest BCUT2D eigenvalue weighted by molar-refractivity contribution is 5.78. The molecule has 0 atom stereocenters. The molecule has 62 heavy (non-hydrogen) atoms. The van der Waals surface area contributed by atoms with E-state index >= 15 is 0 Å². The second-order valence-corrected chi connectivity index (χ2v) is 18.4. The Morgan fingerprint density at radius 1 is 0.339 bits per heavy atom. The Bertz CT molecular complexity index is 986. The number of unbranched alkanes of at least 4 members (excludes halogenated alkanes) is 20. The van der Waals surface area contributed by atoms with Crippen molar-refractivity contribution in [3.05, 3.63) is 0 Å². The quantitative estimate of drug-likeness (QED) is 0.0441. The lowest BCUT2D eigenvalue weighted by molar-refractivity contribution is -0.144. The average Bonchev–Trinajstić information content (AvgIpc) is 3.28. The van der Waals surface area contributed by atoms with Crippen LogP contribution < -0.4 is 0 Å². The number of ether oxygens (including phenoxy) is 2. The average molecular weight is 877 g/mol. The molecule has 0 unspecified atom stereocenters. The van der Waals surface area contributed by atoms with Gasteiger partial charge < -0.3 is 29.1 Å². The van der Waals surface area contributed by atoms with Crippen molar-refractivity contribution in [2.75, 3.05) is 78.7 Å². The van der Waals surface area contributed by atoms with E-state index in [0.29, 0.717) is 65.1 Å². The first-order valence-electron chi connectivity index (χ1n) is 26.7. The number of nitrogens with zero attached hydrogens (tertiary/aromatic N) is 4. The Labute approximate surface area is 382 Å². The summed E-state index contributed by atoms with van der Waals surface area (Å²) in [6, 6.07) is 0. The number of carbonyl (C=O) groups is 4. The molecule has 0 saturated carbocycles. The Balaban J connectivity index is 2.41. The van der Waals surface area contributed by atoms with E-state index in [-0.39, 0.29) is 23.8 Å². The van der Waals surface area contributed by atoms with Crippen molar-refractivity contribution in [1.29, 1.82) is 0 Å². The molecule has 1 aliphatic heterocycles. The number of piperazine rings is 1. The minimum absolute atomic E-state index is 0.0759. The van der Waals surface area contributed by atoms with Gasteiger partial charge in [0, 0.05) is 51.9 Å². The predicted octanol–water partition coefficient (Wildman–Crippen LogP) is 11.9. The molecule has 1 heterocycles. The summed E-state index contributed by atoms with van der Waals surface area (Å²) in [6.45, 7) is 18.2. The maximum Gasteiger partial charge on any atom is 0.305 e. The normalized spacial score (nSPS) is 13.1.